The Morgan fingerprint density at radius 2 is 2.32 bits per heavy atom. The lowest BCUT2D eigenvalue weighted by molar-refractivity contribution is 0.0445. The highest BCUT2D eigenvalue weighted by atomic mass is 16.5. The van der Waals surface area contributed by atoms with Crippen LogP contribution in [0.1, 0.15) is 29.7 Å². The van der Waals surface area contributed by atoms with Crippen molar-refractivity contribution in [3.8, 4) is 0 Å². The summed E-state index contributed by atoms with van der Waals surface area (Å²) >= 11 is 0. The molecule has 2 rings (SSSR count). The van der Waals surface area contributed by atoms with Gasteiger partial charge >= 0.3 is 5.97 Å². The molecule has 2 aromatic rings. The molecule has 0 saturated heterocycles. The van der Waals surface area contributed by atoms with E-state index < -0.39 is 5.97 Å². The van der Waals surface area contributed by atoms with Crippen LogP contribution >= 0.6 is 0 Å². The molecule has 7 heteroatoms. The topological polar surface area (TPSA) is 88.0 Å². The van der Waals surface area contributed by atoms with Crippen molar-refractivity contribution in [1.82, 2.24) is 19.3 Å². The average Bonchev–Trinajstić information content (AvgIpc) is 2.93. The maximum atomic E-state index is 11.9. The fourth-order valence-corrected chi connectivity index (χ4v) is 1.80. The molecule has 0 atom stereocenters. The van der Waals surface area contributed by atoms with E-state index >= 15 is 0 Å². The number of nitrogen functional groups attached to an aromatic ring is 1. The first kappa shape index (κ1) is 13.1. The van der Waals surface area contributed by atoms with Gasteiger partial charge < -0.3 is 15.0 Å². The Kier molecular flexibility index (Phi) is 3.84. The van der Waals surface area contributed by atoms with E-state index in [0.717, 1.165) is 13.0 Å². The predicted molar refractivity (Wildman–Crippen MR) is 69.3 cm³/mol. The number of aromatic nitrogens is 4. The van der Waals surface area contributed by atoms with Gasteiger partial charge in [-0.15, -0.1) is 0 Å². The first-order chi connectivity index (χ1) is 9.11. The third kappa shape index (κ3) is 2.93. The molecule has 0 saturated carbocycles. The molecule has 7 nitrogen and oxygen atoms in total. The van der Waals surface area contributed by atoms with Crippen LogP contribution in [0.15, 0.2) is 18.6 Å². The molecule has 0 fully saturated rings. The van der Waals surface area contributed by atoms with Gasteiger partial charge in [-0.05, 0) is 12.5 Å². The van der Waals surface area contributed by atoms with Gasteiger partial charge in [-0.2, -0.15) is 5.10 Å². The number of ether oxygens (including phenoxy) is 1. The highest BCUT2D eigenvalue weighted by Gasteiger charge is 2.14. The van der Waals surface area contributed by atoms with Crippen molar-refractivity contribution >= 4 is 11.7 Å². The zero-order valence-corrected chi connectivity index (χ0v) is 11.0. The summed E-state index contributed by atoms with van der Waals surface area (Å²) in [5.74, 6) is 0.211. The predicted octanol–water partition coefficient (Wildman–Crippen LogP) is 0.966. The number of hydrogen-bond acceptors (Lipinski definition) is 5. The van der Waals surface area contributed by atoms with Gasteiger partial charge in [-0.25, -0.2) is 14.5 Å². The molecule has 0 aliphatic rings. The lowest BCUT2D eigenvalue weighted by Gasteiger charge is -2.06. The van der Waals surface area contributed by atoms with Gasteiger partial charge in [0.2, 0.25) is 0 Å². The summed E-state index contributed by atoms with van der Waals surface area (Å²) in [5, 5.41) is 4.07. The van der Waals surface area contributed by atoms with E-state index in [1.165, 1.54) is 6.33 Å². The summed E-state index contributed by atoms with van der Waals surface area (Å²) in [6.45, 7) is 2.90. The molecule has 0 aromatic carbocycles. The first-order valence-electron chi connectivity index (χ1n) is 6.07. The second-order valence-electron chi connectivity index (χ2n) is 4.25. The van der Waals surface area contributed by atoms with Crippen molar-refractivity contribution in [2.45, 2.75) is 26.5 Å². The Morgan fingerprint density at radius 3 is 2.95 bits per heavy atom. The zero-order chi connectivity index (χ0) is 13.8. The molecule has 0 bridgehead atoms. The van der Waals surface area contributed by atoms with Crippen molar-refractivity contribution in [3.05, 3.63) is 30.1 Å². The second kappa shape index (κ2) is 5.55. The SMILES string of the molecule is CCCn1ncnc1COC(=O)c1cc(N)cn1C. The maximum absolute atomic E-state index is 11.9. The van der Waals surface area contributed by atoms with Crippen LogP contribution in [-0.2, 0) is 24.9 Å². The molecule has 2 heterocycles. The standard InChI is InChI=1S/C12H17N5O2/c1-3-4-17-11(14-8-15-17)7-19-12(18)10-5-9(13)6-16(10)2/h5-6,8H,3-4,7,13H2,1-2H3. The number of nitrogens with zero attached hydrogens (tertiary/aromatic N) is 4. The average molecular weight is 263 g/mol. The quantitative estimate of drug-likeness (QED) is 0.812. The number of aryl methyl sites for hydroxylation is 2. The number of esters is 1. The fraction of sp³-hybridized carbons (Fsp3) is 0.417. The highest BCUT2D eigenvalue weighted by Crippen LogP contribution is 2.11. The number of nitrogens with two attached hydrogens (primary N) is 1. The van der Waals surface area contributed by atoms with Gasteiger partial charge in [0.05, 0.1) is 5.69 Å². The van der Waals surface area contributed by atoms with Crippen LogP contribution in [-0.4, -0.2) is 25.3 Å². The lowest BCUT2D eigenvalue weighted by atomic mass is 10.4. The summed E-state index contributed by atoms with van der Waals surface area (Å²) in [6, 6.07) is 1.58. The third-order valence-corrected chi connectivity index (χ3v) is 2.70. The number of carbonyl (C=O) groups is 1. The molecule has 19 heavy (non-hydrogen) atoms. The van der Waals surface area contributed by atoms with E-state index in [0.29, 0.717) is 17.2 Å². The molecule has 0 radical (unpaired) electrons. The van der Waals surface area contributed by atoms with Gasteiger partial charge in [0, 0.05) is 19.8 Å². The Morgan fingerprint density at radius 1 is 1.53 bits per heavy atom. The molecule has 0 spiro atoms. The summed E-state index contributed by atoms with van der Waals surface area (Å²) in [5.41, 5.74) is 6.56. The Hall–Kier alpha value is -2.31. The number of anilines is 1. The molecular formula is C12H17N5O2. The Bertz CT molecular complexity index is 572. The smallest absolute Gasteiger partial charge is 0.355 e. The van der Waals surface area contributed by atoms with E-state index in [4.69, 9.17) is 10.5 Å². The second-order valence-corrected chi connectivity index (χ2v) is 4.25. The van der Waals surface area contributed by atoms with Crippen molar-refractivity contribution in [3.63, 3.8) is 0 Å². The van der Waals surface area contributed by atoms with Gasteiger partial charge in [0.1, 0.15) is 12.0 Å². The molecule has 0 aliphatic heterocycles. The Labute approximate surface area is 111 Å². The van der Waals surface area contributed by atoms with Crippen molar-refractivity contribution in [1.29, 1.82) is 0 Å². The van der Waals surface area contributed by atoms with Crippen LogP contribution in [0.25, 0.3) is 0 Å². The fourth-order valence-electron chi connectivity index (χ4n) is 1.80. The molecule has 2 aromatic heterocycles. The molecule has 0 unspecified atom stereocenters. The first-order valence-corrected chi connectivity index (χ1v) is 6.07. The highest BCUT2D eigenvalue weighted by molar-refractivity contribution is 5.88. The monoisotopic (exact) mass is 263 g/mol. The van der Waals surface area contributed by atoms with E-state index in [9.17, 15) is 4.79 Å². The molecule has 102 valence electrons. The normalized spacial score (nSPS) is 10.6. The van der Waals surface area contributed by atoms with Crippen LogP contribution in [0.4, 0.5) is 5.69 Å². The van der Waals surface area contributed by atoms with Crippen molar-refractivity contribution < 1.29 is 9.53 Å². The van der Waals surface area contributed by atoms with Gasteiger partial charge in [-0.3, -0.25) is 0 Å². The number of carbonyl (C=O) groups excluding carboxylic acids is 1. The van der Waals surface area contributed by atoms with Crippen LogP contribution in [0.5, 0.6) is 0 Å². The van der Waals surface area contributed by atoms with Crippen LogP contribution < -0.4 is 5.73 Å². The number of rotatable bonds is 5. The zero-order valence-electron chi connectivity index (χ0n) is 11.0. The maximum Gasteiger partial charge on any atom is 0.355 e. The summed E-state index contributed by atoms with van der Waals surface area (Å²) < 4.78 is 8.58. The van der Waals surface area contributed by atoms with Gasteiger partial charge in [0.15, 0.2) is 12.4 Å². The molecule has 0 aliphatic carbocycles. The van der Waals surface area contributed by atoms with Crippen LogP contribution in [0, 0.1) is 0 Å². The van der Waals surface area contributed by atoms with E-state index in [-0.39, 0.29) is 6.61 Å². The molecular weight excluding hydrogens is 246 g/mol. The summed E-state index contributed by atoms with van der Waals surface area (Å²) in [7, 11) is 1.74. The molecule has 0 amide bonds. The van der Waals surface area contributed by atoms with E-state index in [1.54, 1.807) is 28.6 Å². The van der Waals surface area contributed by atoms with Crippen LogP contribution in [0.3, 0.4) is 0 Å². The van der Waals surface area contributed by atoms with E-state index in [1.807, 2.05) is 6.92 Å². The number of hydrogen-bond donors (Lipinski definition) is 1. The van der Waals surface area contributed by atoms with Gasteiger partial charge in [0.25, 0.3) is 0 Å². The largest absolute Gasteiger partial charge is 0.453 e. The van der Waals surface area contributed by atoms with Crippen molar-refractivity contribution in [2.24, 2.45) is 7.05 Å². The Balaban J connectivity index is 2.00. The summed E-state index contributed by atoms with van der Waals surface area (Å²) in [4.78, 5) is 16.0. The van der Waals surface area contributed by atoms with E-state index in [2.05, 4.69) is 10.1 Å². The van der Waals surface area contributed by atoms with Gasteiger partial charge in [-0.1, -0.05) is 6.92 Å². The van der Waals surface area contributed by atoms with Crippen molar-refractivity contribution in [2.75, 3.05) is 5.73 Å². The van der Waals surface area contributed by atoms with Crippen LogP contribution in [0.2, 0.25) is 0 Å². The molecule has 2 N–H and O–H groups in total. The lowest BCUT2D eigenvalue weighted by Crippen LogP contribution is -2.13. The minimum absolute atomic E-state index is 0.101. The minimum Gasteiger partial charge on any atom is -0.453 e. The third-order valence-electron chi connectivity index (χ3n) is 2.70. The summed E-state index contributed by atoms with van der Waals surface area (Å²) in [6.07, 6.45) is 4.06. The minimum atomic E-state index is -0.426.